The van der Waals surface area contributed by atoms with Crippen molar-refractivity contribution in [1.29, 1.82) is 0 Å². The van der Waals surface area contributed by atoms with Gasteiger partial charge >= 0.3 is 0 Å². The highest BCUT2D eigenvalue weighted by Crippen LogP contribution is 2.30. The lowest BCUT2D eigenvalue weighted by molar-refractivity contribution is -0.122. The fraction of sp³-hybridized carbons (Fsp3) is 0.450. The number of aryl methyl sites for hydroxylation is 1. The summed E-state index contributed by atoms with van der Waals surface area (Å²) in [5, 5.41) is 3.98. The van der Waals surface area contributed by atoms with Gasteiger partial charge in [-0.3, -0.25) is 9.59 Å². The number of nitrogens with one attached hydrogen (secondary N) is 1. The van der Waals surface area contributed by atoms with E-state index in [-0.39, 0.29) is 17.9 Å². The van der Waals surface area contributed by atoms with Gasteiger partial charge in [0, 0.05) is 17.8 Å². The molecule has 2 aromatic rings. The molecule has 0 saturated heterocycles. The van der Waals surface area contributed by atoms with Gasteiger partial charge in [0.2, 0.25) is 5.91 Å². The van der Waals surface area contributed by atoms with Crippen molar-refractivity contribution in [2.75, 3.05) is 0 Å². The molecule has 0 bridgehead atoms. The molecule has 0 aliphatic heterocycles. The number of hydrogen-bond donors (Lipinski definition) is 1. The highest BCUT2D eigenvalue weighted by Gasteiger charge is 2.30. The van der Waals surface area contributed by atoms with Crippen LogP contribution in [0.5, 0.6) is 0 Å². The number of aldehydes is 1. The summed E-state index contributed by atoms with van der Waals surface area (Å²) in [6.07, 6.45) is 8.97. The van der Waals surface area contributed by atoms with Crippen LogP contribution in [0.15, 0.2) is 30.4 Å². The van der Waals surface area contributed by atoms with Crippen LogP contribution in [0.4, 0.5) is 0 Å². The molecular formula is C20H25N3O2. The fourth-order valence-electron chi connectivity index (χ4n) is 2.97. The third-order valence-electron chi connectivity index (χ3n) is 4.59. The van der Waals surface area contributed by atoms with Crippen LogP contribution in [0, 0.1) is 5.92 Å². The third-order valence-corrected chi connectivity index (χ3v) is 4.59. The Kier molecular flexibility index (Phi) is 5.31. The Morgan fingerprint density at radius 1 is 1.40 bits per heavy atom. The van der Waals surface area contributed by atoms with Crippen LogP contribution in [-0.2, 0) is 11.3 Å². The van der Waals surface area contributed by atoms with Crippen LogP contribution in [-0.4, -0.2) is 21.7 Å². The van der Waals surface area contributed by atoms with Crippen molar-refractivity contribution in [2.45, 2.75) is 52.1 Å². The van der Waals surface area contributed by atoms with Crippen molar-refractivity contribution in [3.8, 4) is 0 Å². The SMILES string of the molecule is CC/C=C\CCn1c(C=O)cc2ccc([C@@H](C)NC(=O)C3CC3)nc21. The summed E-state index contributed by atoms with van der Waals surface area (Å²) >= 11 is 0. The average molecular weight is 339 g/mol. The van der Waals surface area contributed by atoms with Gasteiger partial charge in [-0.2, -0.15) is 0 Å². The summed E-state index contributed by atoms with van der Waals surface area (Å²) in [4.78, 5) is 28.1. The van der Waals surface area contributed by atoms with E-state index in [1.807, 2.05) is 29.7 Å². The largest absolute Gasteiger partial charge is 0.348 e. The van der Waals surface area contributed by atoms with Crippen LogP contribution in [0.2, 0.25) is 0 Å². The molecule has 0 aromatic carbocycles. The molecule has 1 N–H and O–H groups in total. The van der Waals surface area contributed by atoms with E-state index in [4.69, 9.17) is 4.98 Å². The van der Waals surface area contributed by atoms with Crippen LogP contribution in [0.25, 0.3) is 11.0 Å². The molecule has 0 unspecified atom stereocenters. The first kappa shape index (κ1) is 17.4. The molecule has 0 radical (unpaired) electrons. The maximum atomic E-state index is 12.0. The number of aromatic nitrogens is 2. The molecule has 5 heteroatoms. The molecule has 5 nitrogen and oxygen atoms in total. The van der Waals surface area contributed by atoms with Crippen LogP contribution >= 0.6 is 0 Å². The predicted molar refractivity (Wildman–Crippen MR) is 98.5 cm³/mol. The van der Waals surface area contributed by atoms with Gasteiger partial charge in [-0.15, -0.1) is 0 Å². The van der Waals surface area contributed by atoms with Gasteiger partial charge in [-0.25, -0.2) is 4.98 Å². The number of carbonyl (C=O) groups excluding carboxylic acids is 2. The first-order valence-electron chi connectivity index (χ1n) is 9.04. The zero-order valence-corrected chi connectivity index (χ0v) is 14.9. The van der Waals surface area contributed by atoms with E-state index in [1.165, 1.54) is 0 Å². The number of hydrogen-bond acceptors (Lipinski definition) is 3. The molecule has 2 heterocycles. The zero-order chi connectivity index (χ0) is 17.8. The molecule has 1 saturated carbocycles. The topological polar surface area (TPSA) is 64.0 Å². The summed E-state index contributed by atoms with van der Waals surface area (Å²) in [5.74, 6) is 0.296. The molecule has 1 amide bonds. The summed E-state index contributed by atoms with van der Waals surface area (Å²) < 4.78 is 1.96. The van der Waals surface area contributed by atoms with Gasteiger partial charge in [0.1, 0.15) is 5.65 Å². The molecule has 1 aliphatic rings. The van der Waals surface area contributed by atoms with E-state index in [9.17, 15) is 9.59 Å². The van der Waals surface area contributed by atoms with E-state index in [0.717, 1.165) is 48.7 Å². The van der Waals surface area contributed by atoms with Crippen molar-refractivity contribution in [3.63, 3.8) is 0 Å². The molecule has 1 atom stereocenters. The smallest absolute Gasteiger partial charge is 0.223 e. The van der Waals surface area contributed by atoms with E-state index >= 15 is 0 Å². The van der Waals surface area contributed by atoms with E-state index in [0.29, 0.717) is 12.2 Å². The molecule has 2 aromatic heterocycles. The Morgan fingerprint density at radius 2 is 2.20 bits per heavy atom. The first-order chi connectivity index (χ1) is 12.1. The number of rotatable bonds is 8. The van der Waals surface area contributed by atoms with E-state index in [1.54, 1.807) is 0 Å². The minimum Gasteiger partial charge on any atom is -0.348 e. The highest BCUT2D eigenvalue weighted by molar-refractivity contribution is 5.87. The van der Waals surface area contributed by atoms with Crippen LogP contribution in [0.1, 0.15) is 61.8 Å². The van der Waals surface area contributed by atoms with Crippen molar-refractivity contribution in [2.24, 2.45) is 5.92 Å². The Hall–Kier alpha value is -2.43. The lowest BCUT2D eigenvalue weighted by Crippen LogP contribution is -2.28. The van der Waals surface area contributed by atoms with Gasteiger partial charge in [0.05, 0.1) is 17.4 Å². The van der Waals surface area contributed by atoms with E-state index in [2.05, 4.69) is 24.4 Å². The average Bonchev–Trinajstić information content (AvgIpc) is 3.40. The third kappa shape index (κ3) is 3.98. The number of nitrogens with zero attached hydrogens (tertiary/aromatic N) is 2. The Bertz CT molecular complexity index is 803. The monoisotopic (exact) mass is 339 g/mol. The quantitative estimate of drug-likeness (QED) is 0.588. The molecule has 3 rings (SSSR count). The number of amides is 1. The van der Waals surface area contributed by atoms with Gasteiger partial charge in [0.25, 0.3) is 0 Å². The minimum absolute atomic E-state index is 0.114. The Labute approximate surface area is 148 Å². The van der Waals surface area contributed by atoms with Crippen LogP contribution < -0.4 is 5.32 Å². The summed E-state index contributed by atoms with van der Waals surface area (Å²) in [5.41, 5.74) is 2.26. The lowest BCUT2D eigenvalue weighted by atomic mass is 10.2. The lowest BCUT2D eigenvalue weighted by Gasteiger charge is -2.14. The molecule has 132 valence electrons. The second-order valence-corrected chi connectivity index (χ2v) is 6.66. The van der Waals surface area contributed by atoms with Gasteiger partial charge < -0.3 is 9.88 Å². The van der Waals surface area contributed by atoms with Crippen molar-refractivity contribution in [1.82, 2.24) is 14.9 Å². The zero-order valence-electron chi connectivity index (χ0n) is 14.9. The van der Waals surface area contributed by atoms with E-state index < -0.39 is 0 Å². The molecular weight excluding hydrogens is 314 g/mol. The second-order valence-electron chi connectivity index (χ2n) is 6.66. The number of allylic oxidation sites excluding steroid dienone is 2. The number of carbonyl (C=O) groups is 2. The highest BCUT2D eigenvalue weighted by atomic mass is 16.2. The summed E-state index contributed by atoms with van der Waals surface area (Å²) in [7, 11) is 0. The van der Waals surface area contributed by atoms with Crippen molar-refractivity contribution < 1.29 is 9.59 Å². The molecule has 1 fully saturated rings. The molecule has 25 heavy (non-hydrogen) atoms. The predicted octanol–water partition coefficient (Wildman–Crippen LogP) is 3.79. The molecule has 1 aliphatic carbocycles. The Balaban J connectivity index is 1.84. The minimum atomic E-state index is -0.138. The maximum Gasteiger partial charge on any atom is 0.223 e. The van der Waals surface area contributed by atoms with Crippen molar-refractivity contribution >= 4 is 23.2 Å². The Morgan fingerprint density at radius 3 is 2.88 bits per heavy atom. The first-order valence-corrected chi connectivity index (χ1v) is 9.04. The fourth-order valence-corrected chi connectivity index (χ4v) is 2.97. The summed E-state index contributed by atoms with van der Waals surface area (Å²) in [6.45, 7) is 4.77. The van der Waals surface area contributed by atoms with Crippen LogP contribution in [0.3, 0.4) is 0 Å². The summed E-state index contributed by atoms with van der Waals surface area (Å²) in [6, 6.07) is 5.63. The van der Waals surface area contributed by atoms with Crippen molar-refractivity contribution in [3.05, 3.63) is 41.7 Å². The maximum absolute atomic E-state index is 12.0. The van der Waals surface area contributed by atoms with Gasteiger partial charge in [-0.05, 0) is 50.8 Å². The standard InChI is InChI=1S/C20H25N3O2/c1-3-4-5-6-11-23-17(13-24)12-16-9-10-18(22-19(16)23)14(2)21-20(25)15-7-8-15/h4-5,9-10,12-15H,3,6-8,11H2,1-2H3,(H,21,25)/b5-4-/t14-/m1/s1. The normalized spacial score (nSPS) is 15.6. The number of pyridine rings is 1. The second kappa shape index (κ2) is 7.64. The number of fused-ring (bicyclic) bond motifs is 1. The molecule has 0 spiro atoms. The van der Waals surface area contributed by atoms with Gasteiger partial charge in [-0.1, -0.05) is 19.1 Å². The van der Waals surface area contributed by atoms with Gasteiger partial charge in [0.15, 0.2) is 6.29 Å².